The number of nitrogens with one attached hydrogen (secondary N) is 1. The van der Waals surface area contributed by atoms with Crippen molar-refractivity contribution in [3.63, 3.8) is 0 Å². The van der Waals surface area contributed by atoms with Crippen LogP contribution in [-0.4, -0.2) is 31.0 Å². The number of nitrogen functional groups attached to an aromatic ring is 1. The van der Waals surface area contributed by atoms with Crippen LogP contribution in [0.1, 0.15) is 13.3 Å². The van der Waals surface area contributed by atoms with Crippen molar-refractivity contribution < 1.29 is 9.84 Å². The van der Waals surface area contributed by atoms with Crippen LogP contribution in [0.25, 0.3) is 0 Å². The summed E-state index contributed by atoms with van der Waals surface area (Å²) < 4.78 is 5.24. The zero-order valence-electron chi connectivity index (χ0n) is 9.65. The zero-order chi connectivity index (χ0) is 11.8. The Morgan fingerprint density at radius 2 is 2.31 bits per heavy atom. The van der Waals surface area contributed by atoms with Gasteiger partial charge in [0.25, 0.3) is 0 Å². The molecule has 0 radical (unpaired) electrons. The lowest BCUT2D eigenvalue weighted by molar-refractivity contribution is 0.0437. The molecular weight excluding hydrogens is 204 g/mol. The second-order valence-corrected chi connectivity index (χ2v) is 3.74. The molecule has 0 saturated carbocycles. The van der Waals surface area contributed by atoms with Gasteiger partial charge < -0.3 is 20.9 Å². The Balaban J connectivity index is 2.23. The van der Waals surface area contributed by atoms with E-state index >= 15 is 0 Å². The van der Waals surface area contributed by atoms with Crippen molar-refractivity contribution in [3.05, 3.63) is 24.3 Å². The second-order valence-electron chi connectivity index (χ2n) is 3.74. The minimum absolute atomic E-state index is 0.364. The molecule has 16 heavy (non-hydrogen) atoms. The second kappa shape index (κ2) is 7.09. The summed E-state index contributed by atoms with van der Waals surface area (Å²) >= 11 is 0. The Bertz CT molecular complexity index is 305. The first-order valence-corrected chi connectivity index (χ1v) is 5.57. The van der Waals surface area contributed by atoms with E-state index in [2.05, 4.69) is 5.32 Å². The first-order valence-electron chi connectivity index (χ1n) is 5.57. The largest absolute Gasteiger partial charge is 0.399 e. The fourth-order valence-corrected chi connectivity index (χ4v) is 1.31. The summed E-state index contributed by atoms with van der Waals surface area (Å²) in [6, 6.07) is 7.44. The highest BCUT2D eigenvalue weighted by molar-refractivity contribution is 5.54. The predicted octanol–water partition coefficient (Wildman–Crippen LogP) is 1.47. The van der Waals surface area contributed by atoms with Crippen LogP contribution >= 0.6 is 0 Å². The molecule has 0 spiro atoms. The minimum atomic E-state index is -0.493. The van der Waals surface area contributed by atoms with Crippen molar-refractivity contribution in [2.24, 2.45) is 0 Å². The maximum atomic E-state index is 9.59. The number of aliphatic hydroxyl groups excluding tert-OH is 1. The standard InChI is InChI=1S/C12H20N2O2/c1-2-6-16-9-12(15)8-14-11-5-3-4-10(13)7-11/h3-5,7,12,14-15H,2,6,8-9,13H2,1H3. The molecule has 0 bridgehead atoms. The predicted molar refractivity (Wildman–Crippen MR) is 66.5 cm³/mol. The van der Waals surface area contributed by atoms with Crippen LogP contribution in [0.2, 0.25) is 0 Å². The Morgan fingerprint density at radius 1 is 1.50 bits per heavy atom. The maximum Gasteiger partial charge on any atom is 0.0945 e. The lowest BCUT2D eigenvalue weighted by Crippen LogP contribution is -2.25. The quantitative estimate of drug-likeness (QED) is 0.484. The van der Waals surface area contributed by atoms with Gasteiger partial charge >= 0.3 is 0 Å². The number of aliphatic hydroxyl groups is 1. The van der Waals surface area contributed by atoms with Crippen LogP contribution in [0.3, 0.4) is 0 Å². The molecule has 1 unspecified atom stereocenters. The topological polar surface area (TPSA) is 67.5 Å². The summed E-state index contributed by atoms with van der Waals surface area (Å²) in [5, 5.41) is 12.7. The number of rotatable bonds is 7. The smallest absolute Gasteiger partial charge is 0.0945 e. The number of ether oxygens (including phenoxy) is 1. The van der Waals surface area contributed by atoms with Crippen LogP contribution in [0.4, 0.5) is 11.4 Å². The molecule has 4 heteroatoms. The fraction of sp³-hybridized carbons (Fsp3) is 0.500. The molecule has 1 aromatic carbocycles. The molecule has 0 saturated heterocycles. The van der Waals surface area contributed by atoms with Gasteiger partial charge in [-0.2, -0.15) is 0 Å². The van der Waals surface area contributed by atoms with E-state index in [0.29, 0.717) is 25.4 Å². The van der Waals surface area contributed by atoms with E-state index in [0.717, 1.165) is 12.1 Å². The third-order valence-electron chi connectivity index (χ3n) is 2.09. The van der Waals surface area contributed by atoms with Crippen molar-refractivity contribution >= 4 is 11.4 Å². The number of benzene rings is 1. The summed E-state index contributed by atoms with van der Waals surface area (Å²) in [5.41, 5.74) is 7.26. The van der Waals surface area contributed by atoms with E-state index in [1.807, 2.05) is 31.2 Å². The third kappa shape index (κ3) is 5.00. The normalized spacial score (nSPS) is 12.4. The van der Waals surface area contributed by atoms with Crippen LogP contribution in [0, 0.1) is 0 Å². The summed E-state index contributed by atoms with van der Waals surface area (Å²) in [4.78, 5) is 0. The molecule has 90 valence electrons. The average Bonchev–Trinajstić information content (AvgIpc) is 2.27. The van der Waals surface area contributed by atoms with E-state index in [-0.39, 0.29) is 0 Å². The highest BCUT2D eigenvalue weighted by Gasteiger charge is 2.03. The molecule has 0 aromatic heterocycles. The molecule has 0 fully saturated rings. The lowest BCUT2D eigenvalue weighted by atomic mass is 10.2. The van der Waals surface area contributed by atoms with Gasteiger partial charge in [-0.25, -0.2) is 0 Å². The lowest BCUT2D eigenvalue weighted by Gasteiger charge is -2.13. The van der Waals surface area contributed by atoms with Gasteiger partial charge in [-0.1, -0.05) is 13.0 Å². The van der Waals surface area contributed by atoms with Crippen molar-refractivity contribution in [3.8, 4) is 0 Å². The van der Waals surface area contributed by atoms with Crippen LogP contribution in [-0.2, 0) is 4.74 Å². The average molecular weight is 224 g/mol. The zero-order valence-corrected chi connectivity index (χ0v) is 9.65. The number of hydrogen-bond donors (Lipinski definition) is 3. The van der Waals surface area contributed by atoms with E-state index in [9.17, 15) is 5.11 Å². The van der Waals surface area contributed by atoms with Crippen molar-refractivity contribution in [2.75, 3.05) is 30.8 Å². The number of hydrogen-bond acceptors (Lipinski definition) is 4. The molecule has 1 rings (SSSR count). The highest BCUT2D eigenvalue weighted by Crippen LogP contribution is 2.11. The number of nitrogens with two attached hydrogens (primary N) is 1. The SMILES string of the molecule is CCCOCC(O)CNc1cccc(N)c1. The van der Waals surface area contributed by atoms with E-state index in [1.165, 1.54) is 0 Å². The molecule has 1 atom stereocenters. The van der Waals surface area contributed by atoms with Gasteiger partial charge in [-0.3, -0.25) is 0 Å². The van der Waals surface area contributed by atoms with E-state index in [1.54, 1.807) is 0 Å². The van der Waals surface area contributed by atoms with Crippen molar-refractivity contribution in [1.29, 1.82) is 0 Å². The summed E-state index contributed by atoms with van der Waals surface area (Å²) in [5.74, 6) is 0. The Kier molecular flexibility index (Phi) is 5.67. The molecule has 0 aliphatic carbocycles. The van der Waals surface area contributed by atoms with Gasteiger partial charge in [-0.05, 0) is 24.6 Å². The third-order valence-corrected chi connectivity index (χ3v) is 2.09. The molecule has 4 N–H and O–H groups in total. The molecule has 1 aromatic rings. The van der Waals surface area contributed by atoms with Gasteiger partial charge in [-0.15, -0.1) is 0 Å². The van der Waals surface area contributed by atoms with Crippen molar-refractivity contribution in [2.45, 2.75) is 19.4 Å². The van der Waals surface area contributed by atoms with E-state index < -0.39 is 6.10 Å². The Hall–Kier alpha value is -1.26. The van der Waals surface area contributed by atoms with Gasteiger partial charge in [0.2, 0.25) is 0 Å². The first-order chi connectivity index (χ1) is 7.72. The van der Waals surface area contributed by atoms with Gasteiger partial charge in [0, 0.05) is 24.5 Å². The summed E-state index contributed by atoms with van der Waals surface area (Å²) in [6.45, 7) is 3.56. The van der Waals surface area contributed by atoms with Crippen LogP contribution in [0.5, 0.6) is 0 Å². The fourth-order valence-electron chi connectivity index (χ4n) is 1.31. The Labute approximate surface area is 96.4 Å². The number of anilines is 2. The first kappa shape index (κ1) is 12.8. The monoisotopic (exact) mass is 224 g/mol. The van der Waals surface area contributed by atoms with Crippen molar-refractivity contribution in [1.82, 2.24) is 0 Å². The molecule has 0 heterocycles. The molecule has 0 amide bonds. The van der Waals surface area contributed by atoms with Crippen LogP contribution < -0.4 is 11.1 Å². The molecule has 4 nitrogen and oxygen atoms in total. The highest BCUT2D eigenvalue weighted by atomic mass is 16.5. The van der Waals surface area contributed by atoms with E-state index in [4.69, 9.17) is 10.5 Å². The van der Waals surface area contributed by atoms with Crippen LogP contribution in [0.15, 0.2) is 24.3 Å². The van der Waals surface area contributed by atoms with Gasteiger partial charge in [0.15, 0.2) is 0 Å². The van der Waals surface area contributed by atoms with Gasteiger partial charge in [0.05, 0.1) is 12.7 Å². The molecule has 0 aliphatic rings. The summed E-state index contributed by atoms with van der Waals surface area (Å²) in [7, 11) is 0. The Morgan fingerprint density at radius 3 is 3.00 bits per heavy atom. The summed E-state index contributed by atoms with van der Waals surface area (Å²) in [6.07, 6.45) is 0.475. The van der Waals surface area contributed by atoms with Gasteiger partial charge in [0.1, 0.15) is 0 Å². The molecular formula is C12H20N2O2. The molecule has 0 aliphatic heterocycles. The maximum absolute atomic E-state index is 9.59. The minimum Gasteiger partial charge on any atom is -0.399 e.